The number of allylic oxidation sites excluding steroid dienone is 1. The molecule has 1 aromatic rings. The van der Waals surface area contributed by atoms with E-state index in [1.54, 1.807) is 6.08 Å². The zero-order chi connectivity index (χ0) is 9.97. The van der Waals surface area contributed by atoms with Gasteiger partial charge in [-0.25, -0.2) is 0 Å². The first-order valence-corrected chi connectivity index (χ1v) is 5.52. The first-order chi connectivity index (χ1) is 6.75. The van der Waals surface area contributed by atoms with Crippen LogP contribution in [0.2, 0.25) is 0 Å². The highest BCUT2D eigenvalue weighted by molar-refractivity contribution is 9.10. The Kier molecular flexibility index (Phi) is 2.82. The number of benzene rings is 1. The van der Waals surface area contributed by atoms with Crippen molar-refractivity contribution in [3.05, 3.63) is 40.4 Å². The SMILES string of the molecule is O=C(/C=C\c1ccc(Br)cc1)C1CC1. The lowest BCUT2D eigenvalue weighted by molar-refractivity contribution is -0.115. The fourth-order valence-electron chi connectivity index (χ4n) is 1.26. The Hall–Kier alpha value is -0.890. The summed E-state index contributed by atoms with van der Waals surface area (Å²) in [5.74, 6) is 0.592. The molecule has 1 aliphatic carbocycles. The zero-order valence-electron chi connectivity index (χ0n) is 7.74. The van der Waals surface area contributed by atoms with Crippen LogP contribution in [-0.2, 0) is 4.79 Å². The van der Waals surface area contributed by atoms with Gasteiger partial charge in [0.25, 0.3) is 0 Å². The van der Waals surface area contributed by atoms with E-state index in [2.05, 4.69) is 15.9 Å². The maximum atomic E-state index is 11.3. The lowest BCUT2D eigenvalue weighted by Gasteiger charge is -1.93. The van der Waals surface area contributed by atoms with Crippen molar-refractivity contribution >= 4 is 27.8 Å². The van der Waals surface area contributed by atoms with E-state index in [0.717, 1.165) is 22.9 Å². The summed E-state index contributed by atoms with van der Waals surface area (Å²) in [5, 5.41) is 0. The number of carbonyl (C=O) groups is 1. The second kappa shape index (κ2) is 4.09. The molecule has 0 spiro atoms. The molecule has 1 fully saturated rings. The van der Waals surface area contributed by atoms with E-state index in [4.69, 9.17) is 0 Å². The molecule has 72 valence electrons. The lowest BCUT2D eigenvalue weighted by atomic mass is 10.1. The first-order valence-electron chi connectivity index (χ1n) is 4.73. The van der Waals surface area contributed by atoms with Crippen molar-refractivity contribution < 1.29 is 4.79 Å². The predicted octanol–water partition coefficient (Wildman–Crippen LogP) is 3.44. The number of hydrogen-bond donors (Lipinski definition) is 0. The van der Waals surface area contributed by atoms with Crippen molar-refractivity contribution in [2.24, 2.45) is 5.92 Å². The summed E-state index contributed by atoms with van der Waals surface area (Å²) in [6, 6.07) is 7.92. The molecule has 1 saturated carbocycles. The molecule has 0 atom stereocenters. The van der Waals surface area contributed by atoms with Gasteiger partial charge in [-0.2, -0.15) is 0 Å². The largest absolute Gasteiger partial charge is 0.295 e. The Labute approximate surface area is 92.0 Å². The highest BCUT2D eigenvalue weighted by Crippen LogP contribution is 2.30. The van der Waals surface area contributed by atoms with Gasteiger partial charge in [0.1, 0.15) is 0 Å². The molecule has 0 bridgehead atoms. The highest BCUT2D eigenvalue weighted by atomic mass is 79.9. The summed E-state index contributed by atoms with van der Waals surface area (Å²) in [6.07, 6.45) is 5.72. The van der Waals surface area contributed by atoms with Crippen LogP contribution in [0.1, 0.15) is 18.4 Å². The number of carbonyl (C=O) groups excluding carboxylic acids is 1. The predicted molar refractivity (Wildman–Crippen MR) is 60.9 cm³/mol. The molecule has 0 heterocycles. The molecular weight excluding hydrogens is 240 g/mol. The summed E-state index contributed by atoms with van der Waals surface area (Å²) in [7, 11) is 0. The maximum absolute atomic E-state index is 11.3. The Morgan fingerprint density at radius 1 is 1.29 bits per heavy atom. The highest BCUT2D eigenvalue weighted by Gasteiger charge is 2.27. The fourth-order valence-corrected chi connectivity index (χ4v) is 1.52. The zero-order valence-corrected chi connectivity index (χ0v) is 9.33. The molecule has 0 unspecified atom stereocenters. The Morgan fingerprint density at radius 3 is 2.50 bits per heavy atom. The van der Waals surface area contributed by atoms with Crippen LogP contribution in [0.15, 0.2) is 34.8 Å². The molecule has 1 nitrogen and oxygen atoms in total. The van der Waals surface area contributed by atoms with Crippen LogP contribution in [0, 0.1) is 5.92 Å². The molecule has 1 aromatic carbocycles. The molecule has 2 rings (SSSR count). The third-order valence-electron chi connectivity index (χ3n) is 2.29. The number of halogens is 1. The van der Waals surface area contributed by atoms with Gasteiger partial charge in [-0.15, -0.1) is 0 Å². The van der Waals surface area contributed by atoms with E-state index in [-0.39, 0.29) is 5.78 Å². The van der Waals surface area contributed by atoms with E-state index in [9.17, 15) is 4.79 Å². The van der Waals surface area contributed by atoms with Crippen molar-refractivity contribution in [2.75, 3.05) is 0 Å². The van der Waals surface area contributed by atoms with Crippen LogP contribution in [-0.4, -0.2) is 5.78 Å². The Morgan fingerprint density at radius 2 is 1.93 bits per heavy atom. The smallest absolute Gasteiger partial charge is 0.158 e. The van der Waals surface area contributed by atoms with Crippen molar-refractivity contribution in [3.63, 3.8) is 0 Å². The van der Waals surface area contributed by atoms with Gasteiger partial charge in [0, 0.05) is 10.4 Å². The third kappa shape index (κ3) is 2.55. The van der Waals surface area contributed by atoms with E-state index in [1.165, 1.54) is 0 Å². The molecule has 0 saturated heterocycles. The minimum atomic E-state index is 0.271. The quantitative estimate of drug-likeness (QED) is 0.752. The van der Waals surface area contributed by atoms with Gasteiger partial charge in [-0.1, -0.05) is 34.1 Å². The van der Waals surface area contributed by atoms with E-state index >= 15 is 0 Å². The van der Waals surface area contributed by atoms with Gasteiger partial charge in [0.2, 0.25) is 0 Å². The topological polar surface area (TPSA) is 17.1 Å². The van der Waals surface area contributed by atoms with Crippen molar-refractivity contribution in [1.29, 1.82) is 0 Å². The molecular formula is C12H11BrO. The van der Waals surface area contributed by atoms with Gasteiger partial charge < -0.3 is 0 Å². The standard InChI is InChI=1S/C12H11BrO/c13-11-6-1-9(2-7-11)3-8-12(14)10-4-5-10/h1-3,6-8,10H,4-5H2/b8-3-. The summed E-state index contributed by atoms with van der Waals surface area (Å²) in [6.45, 7) is 0. The number of hydrogen-bond acceptors (Lipinski definition) is 1. The van der Waals surface area contributed by atoms with Gasteiger partial charge in [-0.3, -0.25) is 4.79 Å². The van der Waals surface area contributed by atoms with E-state index in [1.807, 2.05) is 30.3 Å². The molecule has 0 N–H and O–H groups in total. The monoisotopic (exact) mass is 250 g/mol. The van der Waals surface area contributed by atoms with Gasteiger partial charge in [0.05, 0.1) is 0 Å². The normalized spacial score (nSPS) is 16.1. The fraction of sp³-hybridized carbons (Fsp3) is 0.250. The third-order valence-corrected chi connectivity index (χ3v) is 2.82. The average molecular weight is 251 g/mol. The molecule has 0 radical (unpaired) electrons. The van der Waals surface area contributed by atoms with Crippen LogP contribution < -0.4 is 0 Å². The first kappa shape index (κ1) is 9.66. The van der Waals surface area contributed by atoms with Crippen LogP contribution in [0.5, 0.6) is 0 Å². The molecule has 0 amide bonds. The second-order valence-corrected chi connectivity index (χ2v) is 4.48. The second-order valence-electron chi connectivity index (χ2n) is 3.56. The van der Waals surface area contributed by atoms with Crippen LogP contribution in [0.4, 0.5) is 0 Å². The molecule has 1 aliphatic rings. The number of ketones is 1. The van der Waals surface area contributed by atoms with Crippen molar-refractivity contribution in [3.8, 4) is 0 Å². The van der Waals surface area contributed by atoms with Crippen molar-refractivity contribution in [1.82, 2.24) is 0 Å². The van der Waals surface area contributed by atoms with Crippen molar-refractivity contribution in [2.45, 2.75) is 12.8 Å². The Balaban J connectivity index is 2.02. The number of rotatable bonds is 3. The van der Waals surface area contributed by atoms with E-state index < -0.39 is 0 Å². The van der Waals surface area contributed by atoms with Crippen LogP contribution >= 0.6 is 15.9 Å². The van der Waals surface area contributed by atoms with Crippen LogP contribution in [0.25, 0.3) is 6.08 Å². The lowest BCUT2D eigenvalue weighted by Crippen LogP contribution is -1.93. The van der Waals surface area contributed by atoms with Gasteiger partial charge >= 0.3 is 0 Å². The van der Waals surface area contributed by atoms with Gasteiger partial charge in [0.15, 0.2) is 5.78 Å². The van der Waals surface area contributed by atoms with Crippen LogP contribution in [0.3, 0.4) is 0 Å². The molecule has 0 aromatic heterocycles. The molecule has 14 heavy (non-hydrogen) atoms. The average Bonchev–Trinajstić information content (AvgIpc) is 3.00. The summed E-state index contributed by atoms with van der Waals surface area (Å²) < 4.78 is 1.06. The van der Waals surface area contributed by atoms with E-state index in [0.29, 0.717) is 5.92 Å². The van der Waals surface area contributed by atoms with Gasteiger partial charge in [-0.05, 0) is 36.6 Å². The summed E-state index contributed by atoms with van der Waals surface area (Å²) >= 11 is 3.37. The minimum absolute atomic E-state index is 0.271. The minimum Gasteiger partial charge on any atom is -0.295 e. The summed E-state index contributed by atoms with van der Waals surface area (Å²) in [4.78, 5) is 11.3. The molecule has 2 heteroatoms. The molecule has 0 aliphatic heterocycles. The Bertz CT molecular complexity index is 360. The summed E-state index contributed by atoms with van der Waals surface area (Å²) in [5.41, 5.74) is 1.07. The maximum Gasteiger partial charge on any atom is 0.158 e.